The molecule has 1 nitrogen and oxygen atoms in total. The molecule has 1 aromatic carbocycles. The standard InChI is InChI=1S/C21H29N/c1-16-9-5-7-11-19(16)15-22-14-13-21(4,18(22)3)20-12-8-6-10-17(20)2/h5-8,10-12,16,18H,9,13-15H2,1-4H3. The molecular formula is C21H29N. The van der Waals surface area contributed by atoms with E-state index in [9.17, 15) is 0 Å². The van der Waals surface area contributed by atoms with Crippen LogP contribution in [0.1, 0.15) is 44.7 Å². The molecule has 3 unspecified atom stereocenters. The largest absolute Gasteiger partial charge is 0.296 e. The van der Waals surface area contributed by atoms with Gasteiger partial charge in [0.25, 0.3) is 0 Å². The number of nitrogens with zero attached hydrogens (tertiary/aromatic N) is 1. The molecule has 0 N–H and O–H groups in total. The van der Waals surface area contributed by atoms with Crippen LogP contribution in [0.2, 0.25) is 0 Å². The summed E-state index contributed by atoms with van der Waals surface area (Å²) in [6.07, 6.45) is 9.32. The van der Waals surface area contributed by atoms with E-state index in [1.165, 1.54) is 30.5 Å². The molecule has 1 heterocycles. The number of benzene rings is 1. The first-order valence-corrected chi connectivity index (χ1v) is 8.68. The summed E-state index contributed by atoms with van der Waals surface area (Å²) in [5, 5.41) is 0. The maximum Gasteiger partial charge on any atom is 0.0201 e. The van der Waals surface area contributed by atoms with Gasteiger partial charge in [0, 0.05) is 18.0 Å². The van der Waals surface area contributed by atoms with Gasteiger partial charge in [0.1, 0.15) is 0 Å². The maximum atomic E-state index is 2.69. The van der Waals surface area contributed by atoms with Crippen molar-refractivity contribution in [3.8, 4) is 0 Å². The van der Waals surface area contributed by atoms with Crippen LogP contribution in [0.4, 0.5) is 0 Å². The predicted molar refractivity (Wildman–Crippen MR) is 95.2 cm³/mol. The minimum absolute atomic E-state index is 0.277. The van der Waals surface area contributed by atoms with Crippen molar-refractivity contribution in [1.82, 2.24) is 4.90 Å². The molecule has 118 valence electrons. The summed E-state index contributed by atoms with van der Waals surface area (Å²) < 4.78 is 0. The zero-order valence-electron chi connectivity index (χ0n) is 14.5. The van der Waals surface area contributed by atoms with Gasteiger partial charge in [0.15, 0.2) is 0 Å². The molecular weight excluding hydrogens is 266 g/mol. The van der Waals surface area contributed by atoms with Crippen molar-refractivity contribution in [1.29, 1.82) is 0 Å². The quantitative estimate of drug-likeness (QED) is 0.769. The summed E-state index contributed by atoms with van der Waals surface area (Å²) >= 11 is 0. The second-order valence-corrected chi connectivity index (χ2v) is 7.44. The maximum absolute atomic E-state index is 2.69. The highest BCUT2D eigenvalue weighted by Gasteiger charge is 2.43. The van der Waals surface area contributed by atoms with Gasteiger partial charge in [-0.2, -0.15) is 0 Å². The summed E-state index contributed by atoms with van der Waals surface area (Å²) in [6, 6.07) is 9.53. The Hall–Kier alpha value is -1.34. The number of hydrogen-bond donors (Lipinski definition) is 0. The smallest absolute Gasteiger partial charge is 0.0201 e. The van der Waals surface area contributed by atoms with Crippen LogP contribution in [-0.2, 0) is 5.41 Å². The van der Waals surface area contributed by atoms with Gasteiger partial charge in [-0.05, 0) is 50.3 Å². The molecule has 2 aliphatic rings. The van der Waals surface area contributed by atoms with Gasteiger partial charge in [-0.25, -0.2) is 0 Å². The van der Waals surface area contributed by atoms with Gasteiger partial charge in [-0.1, -0.05) is 61.9 Å². The van der Waals surface area contributed by atoms with E-state index in [4.69, 9.17) is 0 Å². The van der Waals surface area contributed by atoms with Crippen molar-refractivity contribution in [2.24, 2.45) is 5.92 Å². The van der Waals surface area contributed by atoms with Crippen molar-refractivity contribution < 1.29 is 0 Å². The van der Waals surface area contributed by atoms with E-state index in [1.807, 2.05) is 0 Å². The second-order valence-electron chi connectivity index (χ2n) is 7.44. The van der Waals surface area contributed by atoms with E-state index in [0.717, 1.165) is 6.54 Å². The summed E-state index contributed by atoms with van der Waals surface area (Å²) in [7, 11) is 0. The number of aryl methyl sites for hydroxylation is 1. The molecule has 0 amide bonds. The predicted octanol–water partition coefficient (Wildman–Crippen LogP) is 4.87. The molecule has 1 heteroatoms. The van der Waals surface area contributed by atoms with E-state index in [1.54, 1.807) is 5.57 Å². The SMILES string of the molecule is Cc1ccccc1C1(C)CCN(CC2=CC=CCC2C)C1C. The first-order valence-electron chi connectivity index (χ1n) is 8.68. The molecule has 0 aromatic heterocycles. The van der Waals surface area contributed by atoms with Crippen LogP contribution in [0.15, 0.2) is 48.1 Å². The van der Waals surface area contributed by atoms with Gasteiger partial charge in [-0.3, -0.25) is 4.90 Å². The van der Waals surface area contributed by atoms with Gasteiger partial charge in [0.2, 0.25) is 0 Å². The Morgan fingerprint density at radius 1 is 1.23 bits per heavy atom. The van der Waals surface area contributed by atoms with Crippen LogP contribution in [-0.4, -0.2) is 24.0 Å². The minimum Gasteiger partial charge on any atom is -0.296 e. The lowest BCUT2D eigenvalue weighted by atomic mass is 9.75. The third-order valence-corrected chi connectivity index (χ3v) is 6.10. The lowest BCUT2D eigenvalue weighted by Gasteiger charge is -2.35. The molecule has 3 atom stereocenters. The Labute approximate surface area is 135 Å². The fraction of sp³-hybridized carbons (Fsp3) is 0.524. The van der Waals surface area contributed by atoms with Crippen LogP contribution in [0.5, 0.6) is 0 Å². The molecule has 22 heavy (non-hydrogen) atoms. The van der Waals surface area contributed by atoms with E-state index in [0.29, 0.717) is 12.0 Å². The molecule has 0 saturated carbocycles. The normalized spacial score (nSPS) is 32.3. The van der Waals surface area contributed by atoms with E-state index in [2.05, 4.69) is 75.1 Å². The van der Waals surface area contributed by atoms with Crippen molar-refractivity contribution in [3.63, 3.8) is 0 Å². The Kier molecular flexibility index (Phi) is 4.27. The molecule has 0 radical (unpaired) electrons. The average molecular weight is 295 g/mol. The van der Waals surface area contributed by atoms with Crippen LogP contribution >= 0.6 is 0 Å². The third-order valence-electron chi connectivity index (χ3n) is 6.10. The monoisotopic (exact) mass is 295 g/mol. The highest BCUT2D eigenvalue weighted by atomic mass is 15.2. The van der Waals surface area contributed by atoms with Crippen molar-refractivity contribution in [2.45, 2.75) is 52.0 Å². The topological polar surface area (TPSA) is 3.24 Å². The highest BCUT2D eigenvalue weighted by Crippen LogP contribution is 2.41. The van der Waals surface area contributed by atoms with Crippen molar-refractivity contribution >= 4 is 0 Å². The van der Waals surface area contributed by atoms with Crippen LogP contribution in [0.3, 0.4) is 0 Å². The third kappa shape index (κ3) is 2.67. The Morgan fingerprint density at radius 3 is 2.73 bits per heavy atom. The van der Waals surface area contributed by atoms with E-state index < -0.39 is 0 Å². The fourth-order valence-electron chi connectivity index (χ4n) is 4.20. The fourth-order valence-corrected chi connectivity index (χ4v) is 4.20. The second kappa shape index (κ2) is 6.04. The van der Waals surface area contributed by atoms with Gasteiger partial charge < -0.3 is 0 Å². The molecule has 3 rings (SSSR count). The number of rotatable bonds is 3. The van der Waals surface area contributed by atoms with E-state index in [-0.39, 0.29) is 5.41 Å². The summed E-state index contributed by atoms with van der Waals surface area (Å²) in [5.41, 5.74) is 4.85. The molecule has 1 aliphatic heterocycles. The summed E-state index contributed by atoms with van der Waals surface area (Å²) in [5.74, 6) is 0.697. The number of likely N-dealkylation sites (tertiary alicyclic amines) is 1. The Morgan fingerprint density at radius 2 is 2.00 bits per heavy atom. The van der Waals surface area contributed by atoms with Crippen LogP contribution < -0.4 is 0 Å². The van der Waals surface area contributed by atoms with E-state index >= 15 is 0 Å². The number of allylic oxidation sites excluding steroid dienone is 3. The average Bonchev–Trinajstić information content (AvgIpc) is 2.79. The summed E-state index contributed by atoms with van der Waals surface area (Å²) in [4.78, 5) is 2.69. The number of hydrogen-bond acceptors (Lipinski definition) is 1. The molecule has 1 fully saturated rings. The first-order chi connectivity index (χ1) is 10.5. The lowest BCUT2D eigenvalue weighted by molar-refractivity contribution is 0.240. The first kappa shape index (κ1) is 15.6. The van der Waals surface area contributed by atoms with Crippen LogP contribution in [0, 0.1) is 12.8 Å². The van der Waals surface area contributed by atoms with Gasteiger partial charge in [0.05, 0.1) is 0 Å². The lowest BCUT2D eigenvalue weighted by Crippen LogP contribution is -2.40. The highest BCUT2D eigenvalue weighted by molar-refractivity contribution is 5.36. The van der Waals surface area contributed by atoms with Crippen molar-refractivity contribution in [3.05, 3.63) is 59.2 Å². The summed E-state index contributed by atoms with van der Waals surface area (Å²) in [6.45, 7) is 11.8. The molecule has 1 aliphatic carbocycles. The van der Waals surface area contributed by atoms with Crippen LogP contribution in [0.25, 0.3) is 0 Å². The van der Waals surface area contributed by atoms with Gasteiger partial charge in [-0.15, -0.1) is 0 Å². The molecule has 1 aromatic rings. The zero-order valence-corrected chi connectivity index (χ0v) is 14.5. The van der Waals surface area contributed by atoms with Gasteiger partial charge >= 0.3 is 0 Å². The molecule has 0 spiro atoms. The minimum atomic E-state index is 0.277. The zero-order chi connectivity index (χ0) is 15.7. The Balaban J connectivity index is 1.80. The molecule has 0 bridgehead atoms. The Bertz CT molecular complexity index is 598. The van der Waals surface area contributed by atoms with Crippen molar-refractivity contribution in [2.75, 3.05) is 13.1 Å². The molecule has 1 saturated heterocycles.